The fourth-order valence-corrected chi connectivity index (χ4v) is 4.16. The molecule has 0 aliphatic carbocycles. The molecule has 160 valence electrons. The number of hydrogen-bond acceptors (Lipinski definition) is 5. The van der Waals surface area contributed by atoms with E-state index in [1.807, 2.05) is 35.7 Å². The third kappa shape index (κ3) is 5.65. The summed E-state index contributed by atoms with van der Waals surface area (Å²) in [5.74, 6) is 0.509. The van der Waals surface area contributed by atoms with Gasteiger partial charge in [-0.05, 0) is 64.7 Å². The van der Waals surface area contributed by atoms with Gasteiger partial charge in [-0.1, -0.05) is 36.4 Å². The Labute approximate surface area is 185 Å². The third-order valence-electron chi connectivity index (χ3n) is 4.61. The molecule has 2 aromatic heterocycles. The van der Waals surface area contributed by atoms with Gasteiger partial charge in [0.2, 0.25) is 5.28 Å². The highest BCUT2D eigenvalue weighted by Gasteiger charge is 2.30. The molecular weight excluding hydrogens is 447 g/mol. The summed E-state index contributed by atoms with van der Waals surface area (Å²) in [5, 5.41) is 6.47. The Morgan fingerprint density at radius 2 is 1.61 bits per heavy atom. The molecule has 0 radical (unpaired) electrons. The second kappa shape index (κ2) is 9.11. The first-order valence-corrected chi connectivity index (χ1v) is 10.7. The van der Waals surface area contributed by atoms with Crippen LogP contribution in [0.25, 0.3) is 21.3 Å². The smallest absolute Gasteiger partial charge is 0.406 e. The van der Waals surface area contributed by atoms with Crippen molar-refractivity contribution in [2.75, 3.05) is 11.9 Å². The van der Waals surface area contributed by atoms with Crippen LogP contribution in [0.4, 0.5) is 19.0 Å². The van der Waals surface area contributed by atoms with E-state index in [1.165, 1.54) is 29.0 Å². The summed E-state index contributed by atoms with van der Waals surface area (Å²) in [6.07, 6.45) is -2.92. The molecule has 4 nitrogen and oxygen atoms in total. The predicted octanol–water partition coefficient (Wildman–Crippen LogP) is 6.96. The fourth-order valence-electron chi connectivity index (χ4n) is 3.18. The van der Waals surface area contributed by atoms with Gasteiger partial charge in [0.05, 0.1) is 5.39 Å². The zero-order chi connectivity index (χ0) is 21.8. The van der Waals surface area contributed by atoms with E-state index in [-0.39, 0.29) is 11.0 Å². The quantitative estimate of drug-likeness (QED) is 0.238. The van der Waals surface area contributed by atoms with Crippen LogP contribution in [0.5, 0.6) is 5.75 Å². The van der Waals surface area contributed by atoms with Crippen molar-refractivity contribution in [3.63, 3.8) is 0 Å². The largest absolute Gasteiger partial charge is 0.573 e. The normalized spacial score (nSPS) is 11.6. The molecule has 0 saturated carbocycles. The van der Waals surface area contributed by atoms with Crippen LogP contribution in [0.3, 0.4) is 0 Å². The lowest BCUT2D eigenvalue weighted by molar-refractivity contribution is -0.274. The van der Waals surface area contributed by atoms with Gasteiger partial charge < -0.3 is 10.1 Å². The molecule has 0 atom stereocenters. The average molecular weight is 464 g/mol. The minimum absolute atomic E-state index is 0.228. The van der Waals surface area contributed by atoms with Gasteiger partial charge in [0, 0.05) is 6.54 Å². The maximum Gasteiger partial charge on any atom is 0.573 e. The topological polar surface area (TPSA) is 47.0 Å². The highest BCUT2D eigenvalue weighted by molar-refractivity contribution is 7.16. The molecule has 4 rings (SSSR count). The number of benzene rings is 2. The lowest BCUT2D eigenvalue weighted by Gasteiger charge is -2.10. The number of aryl methyl sites for hydroxylation is 1. The first kappa shape index (κ1) is 21.4. The van der Waals surface area contributed by atoms with Gasteiger partial charge in [-0.3, -0.25) is 0 Å². The minimum Gasteiger partial charge on any atom is -0.406 e. The minimum atomic E-state index is -4.69. The summed E-state index contributed by atoms with van der Waals surface area (Å²) in [7, 11) is 0. The second-order valence-electron chi connectivity index (χ2n) is 6.78. The van der Waals surface area contributed by atoms with Gasteiger partial charge >= 0.3 is 6.36 Å². The van der Waals surface area contributed by atoms with Gasteiger partial charge in [-0.2, -0.15) is 0 Å². The van der Waals surface area contributed by atoms with Crippen molar-refractivity contribution < 1.29 is 17.9 Å². The first-order chi connectivity index (χ1) is 14.9. The number of hydrogen-bond donors (Lipinski definition) is 1. The van der Waals surface area contributed by atoms with E-state index in [0.717, 1.165) is 46.5 Å². The fraction of sp³-hybridized carbons (Fsp3) is 0.182. The van der Waals surface area contributed by atoms with E-state index in [9.17, 15) is 13.2 Å². The Kier molecular flexibility index (Phi) is 6.29. The van der Waals surface area contributed by atoms with Crippen molar-refractivity contribution in [3.05, 3.63) is 70.8 Å². The predicted molar refractivity (Wildman–Crippen MR) is 118 cm³/mol. The SMILES string of the molecule is FC(F)(F)Oc1ccc(-c2ccc(CCCNc3nc(Cl)nc4sccc34)cc2)cc1. The molecule has 9 heteroatoms. The van der Waals surface area contributed by atoms with Crippen molar-refractivity contribution in [1.29, 1.82) is 0 Å². The van der Waals surface area contributed by atoms with E-state index in [2.05, 4.69) is 20.0 Å². The Hall–Kier alpha value is -2.84. The van der Waals surface area contributed by atoms with Gasteiger partial charge in [0.25, 0.3) is 0 Å². The van der Waals surface area contributed by atoms with E-state index in [1.54, 1.807) is 12.1 Å². The van der Waals surface area contributed by atoms with Gasteiger partial charge in [-0.15, -0.1) is 24.5 Å². The van der Waals surface area contributed by atoms with E-state index in [4.69, 9.17) is 11.6 Å². The van der Waals surface area contributed by atoms with Crippen LogP contribution < -0.4 is 10.1 Å². The van der Waals surface area contributed by atoms with Crippen LogP contribution in [0.1, 0.15) is 12.0 Å². The van der Waals surface area contributed by atoms with Crippen LogP contribution >= 0.6 is 22.9 Å². The summed E-state index contributed by atoms with van der Waals surface area (Å²) >= 11 is 7.50. The Balaban J connectivity index is 1.31. The molecule has 1 N–H and O–H groups in total. The second-order valence-corrected chi connectivity index (χ2v) is 8.01. The molecule has 0 aliphatic rings. The highest BCUT2D eigenvalue weighted by Crippen LogP contribution is 2.28. The summed E-state index contributed by atoms with van der Waals surface area (Å²) in [6.45, 7) is 0.737. The summed E-state index contributed by atoms with van der Waals surface area (Å²) < 4.78 is 40.7. The number of nitrogens with one attached hydrogen (secondary N) is 1. The molecule has 2 aromatic carbocycles. The molecule has 0 amide bonds. The standard InChI is InChI=1S/C22H17ClF3N3OS/c23-21-28-19(18-11-13-31-20(18)29-21)27-12-1-2-14-3-5-15(6-4-14)16-7-9-17(10-8-16)30-22(24,25)26/h3-11,13H,1-2,12H2,(H,27,28,29). The summed E-state index contributed by atoms with van der Waals surface area (Å²) in [4.78, 5) is 9.33. The lowest BCUT2D eigenvalue weighted by Crippen LogP contribution is -2.16. The Morgan fingerprint density at radius 1 is 0.935 bits per heavy atom. The molecule has 0 fully saturated rings. The van der Waals surface area contributed by atoms with Crippen molar-refractivity contribution in [2.24, 2.45) is 0 Å². The lowest BCUT2D eigenvalue weighted by atomic mass is 10.0. The molecule has 0 aliphatic heterocycles. The molecule has 31 heavy (non-hydrogen) atoms. The highest BCUT2D eigenvalue weighted by atomic mass is 35.5. The Morgan fingerprint density at radius 3 is 2.29 bits per heavy atom. The average Bonchev–Trinajstić information content (AvgIpc) is 3.19. The first-order valence-electron chi connectivity index (χ1n) is 9.47. The summed E-state index contributed by atoms with van der Waals surface area (Å²) in [5.41, 5.74) is 2.92. The monoisotopic (exact) mass is 463 g/mol. The van der Waals surface area contributed by atoms with Crippen molar-refractivity contribution in [1.82, 2.24) is 9.97 Å². The van der Waals surface area contributed by atoms with E-state index >= 15 is 0 Å². The van der Waals surface area contributed by atoms with Crippen LogP contribution in [-0.2, 0) is 6.42 Å². The van der Waals surface area contributed by atoms with Crippen molar-refractivity contribution >= 4 is 39.0 Å². The molecule has 0 saturated heterocycles. The van der Waals surface area contributed by atoms with Crippen LogP contribution in [-0.4, -0.2) is 22.9 Å². The molecule has 4 aromatic rings. The number of ether oxygens (including phenoxy) is 1. The number of thiophene rings is 1. The maximum atomic E-state index is 12.3. The number of alkyl halides is 3. The van der Waals surface area contributed by atoms with Crippen LogP contribution in [0, 0.1) is 0 Å². The zero-order valence-corrected chi connectivity index (χ0v) is 17.7. The van der Waals surface area contributed by atoms with Crippen LogP contribution in [0.15, 0.2) is 60.0 Å². The number of halogens is 4. The number of rotatable bonds is 7. The van der Waals surface area contributed by atoms with Crippen molar-refractivity contribution in [3.8, 4) is 16.9 Å². The van der Waals surface area contributed by atoms with Crippen molar-refractivity contribution in [2.45, 2.75) is 19.2 Å². The Bertz CT molecular complexity index is 1160. The maximum absolute atomic E-state index is 12.3. The zero-order valence-electron chi connectivity index (χ0n) is 16.1. The molecule has 0 unspecified atom stereocenters. The third-order valence-corrected chi connectivity index (χ3v) is 5.58. The number of anilines is 1. The van der Waals surface area contributed by atoms with E-state index in [0.29, 0.717) is 0 Å². The number of nitrogens with zero attached hydrogens (tertiary/aromatic N) is 2. The van der Waals surface area contributed by atoms with E-state index < -0.39 is 6.36 Å². The molecular formula is C22H17ClF3N3OS. The van der Waals surface area contributed by atoms with Gasteiger partial charge in [0.15, 0.2) is 0 Å². The molecule has 0 spiro atoms. The summed E-state index contributed by atoms with van der Waals surface area (Å²) in [6, 6.07) is 15.8. The number of aromatic nitrogens is 2. The van der Waals surface area contributed by atoms with Gasteiger partial charge in [-0.25, -0.2) is 9.97 Å². The molecule has 2 heterocycles. The number of fused-ring (bicyclic) bond motifs is 1. The molecule has 0 bridgehead atoms. The van der Waals surface area contributed by atoms with Crippen LogP contribution in [0.2, 0.25) is 5.28 Å². The van der Waals surface area contributed by atoms with Gasteiger partial charge in [0.1, 0.15) is 16.4 Å².